The molecule has 1 atom stereocenters. The van der Waals surface area contributed by atoms with Gasteiger partial charge in [-0.15, -0.1) is 0 Å². The molecule has 1 rings (SSSR count). The Kier molecular flexibility index (Phi) is 4.74. The van der Waals surface area contributed by atoms with Crippen LogP contribution in [0.25, 0.3) is 0 Å². The topological polar surface area (TPSA) is 66.6 Å². The first-order chi connectivity index (χ1) is 7.40. The lowest BCUT2D eigenvalue weighted by molar-refractivity contribution is -0.133. The molecule has 0 unspecified atom stereocenters. The first kappa shape index (κ1) is 13.5. The second-order valence-corrected chi connectivity index (χ2v) is 5.45. The number of aliphatic hydroxyl groups excluding tert-OH is 1. The van der Waals surface area contributed by atoms with E-state index in [1.54, 1.807) is 11.9 Å². The van der Waals surface area contributed by atoms with Crippen LogP contribution in [-0.4, -0.2) is 41.7 Å². The average molecular weight is 228 g/mol. The second kappa shape index (κ2) is 5.64. The van der Waals surface area contributed by atoms with Gasteiger partial charge in [0.15, 0.2) is 0 Å². The maximum absolute atomic E-state index is 11.9. The highest BCUT2D eigenvalue weighted by atomic mass is 16.3. The van der Waals surface area contributed by atoms with E-state index in [0.717, 1.165) is 25.8 Å². The van der Waals surface area contributed by atoms with Crippen molar-refractivity contribution in [2.24, 2.45) is 17.6 Å². The number of nitrogens with two attached hydrogens (primary N) is 1. The lowest BCUT2D eigenvalue weighted by Gasteiger charge is -2.35. The normalized spacial score (nSPS) is 26.4. The fraction of sp³-hybridized carbons (Fsp3) is 0.917. The van der Waals surface area contributed by atoms with E-state index in [9.17, 15) is 4.79 Å². The summed E-state index contributed by atoms with van der Waals surface area (Å²) in [6.07, 6.45) is 2.21. The van der Waals surface area contributed by atoms with E-state index >= 15 is 0 Å². The molecule has 4 nitrogen and oxygen atoms in total. The van der Waals surface area contributed by atoms with Gasteiger partial charge in [0.2, 0.25) is 5.91 Å². The van der Waals surface area contributed by atoms with Crippen molar-refractivity contribution in [1.82, 2.24) is 4.90 Å². The maximum atomic E-state index is 11.9. The van der Waals surface area contributed by atoms with Crippen LogP contribution < -0.4 is 5.73 Å². The molecular weight excluding hydrogens is 204 g/mol. The molecule has 0 bridgehead atoms. The van der Waals surface area contributed by atoms with Crippen molar-refractivity contribution in [2.45, 2.75) is 45.3 Å². The Balaban J connectivity index is 2.29. The van der Waals surface area contributed by atoms with Crippen molar-refractivity contribution < 1.29 is 9.90 Å². The standard InChI is InChI=1S/C12H24N2O2/c1-8(2)4-11(13)12(16)14(3)7-9-5-10(15)6-9/h8-11,15H,4-7,13H2,1-3H3/t9?,10?,11-/m0/s1. The predicted molar refractivity (Wildman–Crippen MR) is 63.8 cm³/mol. The van der Waals surface area contributed by atoms with Crippen molar-refractivity contribution in [3.05, 3.63) is 0 Å². The number of likely N-dealkylation sites (N-methyl/N-ethyl adjacent to an activating group) is 1. The van der Waals surface area contributed by atoms with Crippen molar-refractivity contribution in [1.29, 1.82) is 0 Å². The molecule has 1 aliphatic carbocycles. The molecule has 0 spiro atoms. The Morgan fingerprint density at radius 3 is 2.50 bits per heavy atom. The number of rotatable bonds is 5. The van der Waals surface area contributed by atoms with E-state index in [1.165, 1.54) is 0 Å². The summed E-state index contributed by atoms with van der Waals surface area (Å²) in [6, 6.07) is -0.380. The molecule has 0 heterocycles. The van der Waals surface area contributed by atoms with Gasteiger partial charge in [0, 0.05) is 13.6 Å². The first-order valence-corrected chi connectivity index (χ1v) is 6.08. The monoisotopic (exact) mass is 228 g/mol. The molecule has 0 saturated heterocycles. The number of carbonyl (C=O) groups is 1. The third-order valence-corrected chi connectivity index (χ3v) is 3.16. The predicted octanol–water partition coefficient (Wildman–Crippen LogP) is 0.589. The Labute approximate surface area is 97.8 Å². The van der Waals surface area contributed by atoms with E-state index < -0.39 is 0 Å². The lowest BCUT2D eigenvalue weighted by Crippen LogP contribution is -2.46. The van der Waals surface area contributed by atoms with Gasteiger partial charge in [-0.3, -0.25) is 4.79 Å². The van der Waals surface area contributed by atoms with Crippen LogP contribution in [0.3, 0.4) is 0 Å². The van der Waals surface area contributed by atoms with Gasteiger partial charge < -0.3 is 15.7 Å². The Bertz CT molecular complexity index is 237. The molecule has 4 heteroatoms. The molecule has 0 radical (unpaired) electrons. The van der Waals surface area contributed by atoms with E-state index in [-0.39, 0.29) is 18.1 Å². The highest BCUT2D eigenvalue weighted by molar-refractivity contribution is 5.81. The highest BCUT2D eigenvalue weighted by Crippen LogP contribution is 2.27. The minimum atomic E-state index is -0.380. The minimum absolute atomic E-state index is 0.0232. The summed E-state index contributed by atoms with van der Waals surface area (Å²) in [5, 5.41) is 9.17. The van der Waals surface area contributed by atoms with Crippen molar-refractivity contribution in [3.63, 3.8) is 0 Å². The largest absolute Gasteiger partial charge is 0.393 e. The van der Waals surface area contributed by atoms with Crippen LogP contribution in [0.4, 0.5) is 0 Å². The highest BCUT2D eigenvalue weighted by Gasteiger charge is 2.30. The zero-order valence-corrected chi connectivity index (χ0v) is 10.5. The van der Waals surface area contributed by atoms with Crippen molar-refractivity contribution >= 4 is 5.91 Å². The number of amides is 1. The van der Waals surface area contributed by atoms with Crippen LogP contribution in [0.5, 0.6) is 0 Å². The van der Waals surface area contributed by atoms with Crippen LogP contribution in [0.15, 0.2) is 0 Å². The quantitative estimate of drug-likeness (QED) is 0.723. The molecule has 0 aromatic heterocycles. The Morgan fingerprint density at radius 2 is 2.06 bits per heavy atom. The zero-order chi connectivity index (χ0) is 12.3. The number of aliphatic hydroxyl groups is 1. The molecule has 3 N–H and O–H groups in total. The molecular formula is C12H24N2O2. The Hall–Kier alpha value is -0.610. The molecule has 1 amide bonds. The average Bonchev–Trinajstić information content (AvgIpc) is 2.12. The summed E-state index contributed by atoms with van der Waals surface area (Å²) in [5.74, 6) is 0.920. The number of hydrogen-bond donors (Lipinski definition) is 2. The van der Waals surface area contributed by atoms with Gasteiger partial charge in [0.05, 0.1) is 12.1 Å². The smallest absolute Gasteiger partial charge is 0.239 e. The van der Waals surface area contributed by atoms with Crippen LogP contribution in [0.2, 0.25) is 0 Å². The molecule has 94 valence electrons. The third-order valence-electron chi connectivity index (χ3n) is 3.16. The fourth-order valence-corrected chi connectivity index (χ4v) is 2.22. The SMILES string of the molecule is CC(C)C[C@H](N)C(=O)N(C)CC1CC(O)C1. The van der Waals surface area contributed by atoms with Gasteiger partial charge >= 0.3 is 0 Å². The van der Waals surface area contributed by atoms with E-state index in [0.29, 0.717) is 11.8 Å². The minimum Gasteiger partial charge on any atom is -0.393 e. The van der Waals surface area contributed by atoms with Gasteiger partial charge in [-0.1, -0.05) is 13.8 Å². The van der Waals surface area contributed by atoms with Crippen LogP contribution in [-0.2, 0) is 4.79 Å². The van der Waals surface area contributed by atoms with Gasteiger partial charge in [-0.25, -0.2) is 0 Å². The molecule has 0 aromatic rings. The fourth-order valence-electron chi connectivity index (χ4n) is 2.22. The van der Waals surface area contributed by atoms with Gasteiger partial charge in [0.25, 0.3) is 0 Å². The van der Waals surface area contributed by atoms with E-state index in [1.807, 2.05) is 0 Å². The third kappa shape index (κ3) is 3.76. The van der Waals surface area contributed by atoms with Gasteiger partial charge in [-0.05, 0) is 31.1 Å². The Morgan fingerprint density at radius 1 is 1.50 bits per heavy atom. The zero-order valence-electron chi connectivity index (χ0n) is 10.5. The number of carbonyl (C=O) groups excluding carboxylic acids is 1. The summed E-state index contributed by atoms with van der Waals surface area (Å²) in [5.41, 5.74) is 5.84. The second-order valence-electron chi connectivity index (χ2n) is 5.45. The summed E-state index contributed by atoms with van der Waals surface area (Å²) in [4.78, 5) is 13.6. The van der Waals surface area contributed by atoms with Crippen molar-refractivity contribution in [2.75, 3.05) is 13.6 Å². The molecule has 1 aliphatic rings. The van der Waals surface area contributed by atoms with Gasteiger partial charge in [0.1, 0.15) is 0 Å². The molecule has 0 aliphatic heterocycles. The maximum Gasteiger partial charge on any atom is 0.239 e. The summed E-state index contributed by atoms with van der Waals surface area (Å²) in [7, 11) is 1.80. The van der Waals surface area contributed by atoms with Gasteiger partial charge in [-0.2, -0.15) is 0 Å². The first-order valence-electron chi connectivity index (χ1n) is 6.08. The van der Waals surface area contributed by atoms with Crippen molar-refractivity contribution in [3.8, 4) is 0 Å². The number of nitrogens with zero attached hydrogens (tertiary/aromatic N) is 1. The molecule has 1 fully saturated rings. The van der Waals surface area contributed by atoms with Crippen LogP contribution >= 0.6 is 0 Å². The summed E-state index contributed by atoms with van der Waals surface area (Å²) >= 11 is 0. The molecule has 1 saturated carbocycles. The van der Waals surface area contributed by atoms with Crippen LogP contribution in [0, 0.1) is 11.8 Å². The lowest BCUT2D eigenvalue weighted by atomic mass is 9.82. The number of hydrogen-bond acceptors (Lipinski definition) is 3. The van der Waals surface area contributed by atoms with Crippen LogP contribution in [0.1, 0.15) is 33.1 Å². The summed E-state index contributed by atoms with van der Waals surface area (Å²) < 4.78 is 0. The molecule has 16 heavy (non-hydrogen) atoms. The summed E-state index contributed by atoms with van der Waals surface area (Å²) in [6.45, 7) is 4.85. The van der Waals surface area contributed by atoms with E-state index in [4.69, 9.17) is 10.8 Å². The molecule has 0 aromatic carbocycles. The van der Waals surface area contributed by atoms with E-state index in [2.05, 4.69) is 13.8 Å².